The number of carbonyl (C=O) groups excluding carboxylic acids is 2. The van der Waals surface area contributed by atoms with Gasteiger partial charge in [0.1, 0.15) is 5.25 Å². The van der Waals surface area contributed by atoms with Gasteiger partial charge in [-0.05, 0) is 41.0 Å². The van der Waals surface area contributed by atoms with Crippen molar-refractivity contribution >= 4 is 23.7 Å². The van der Waals surface area contributed by atoms with Crippen molar-refractivity contribution in [3.05, 3.63) is 65.2 Å². The summed E-state index contributed by atoms with van der Waals surface area (Å²) in [7, 11) is 1.45. The maximum absolute atomic E-state index is 12.8. The molecule has 0 bridgehead atoms. The third-order valence-corrected chi connectivity index (χ3v) is 5.31. The van der Waals surface area contributed by atoms with Gasteiger partial charge in [-0.3, -0.25) is 10.1 Å². The van der Waals surface area contributed by atoms with Crippen molar-refractivity contribution in [1.82, 2.24) is 30.8 Å². The maximum atomic E-state index is 12.8. The molecule has 0 saturated heterocycles. The van der Waals surface area contributed by atoms with Crippen LogP contribution >= 0.6 is 11.8 Å². The van der Waals surface area contributed by atoms with Crippen LogP contribution in [0.1, 0.15) is 21.9 Å². The zero-order valence-corrected chi connectivity index (χ0v) is 16.5. The number of nitrogens with one attached hydrogen (secondary N) is 2. The van der Waals surface area contributed by atoms with E-state index in [-0.39, 0.29) is 0 Å². The number of para-hydroxylation sites is 1. The predicted octanol–water partition coefficient (Wildman–Crippen LogP) is 2.57. The van der Waals surface area contributed by atoms with Crippen LogP contribution in [0.3, 0.4) is 0 Å². The van der Waals surface area contributed by atoms with Crippen molar-refractivity contribution in [2.24, 2.45) is 0 Å². The molecule has 0 fully saturated rings. The predicted molar refractivity (Wildman–Crippen MR) is 106 cm³/mol. The number of imide groups is 1. The average molecular weight is 396 g/mol. The lowest BCUT2D eigenvalue weighted by molar-refractivity contribution is -0.119. The Labute approximate surface area is 166 Å². The molecule has 1 atom stereocenters. The van der Waals surface area contributed by atoms with Gasteiger partial charge >= 0.3 is 6.03 Å². The number of amides is 3. The van der Waals surface area contributed by atoms with Crippen molar-refractivity contribution in [1.29, 1.82) is 0 Å². The minimum absolute atomic E-state index is 0.452. The summed E-state index contributed by atoms with van der Waals surface area (Å²) < 4.78 is 1.62. The molecule has 0 spiro atoms. The zero-order valence-electron chi connectivity index (χ0n) is 15.7. The first kappa shape index (κ1) is 19.6. The number of thioether (sulfide) groups is 1. The Morgan fingerprint density at radius 3 is 2.36 bits per heavy atom. The molecule has 3 amide bonds. The van der Waals surface area contributed by atoms with Gasteiger partial charge in [0.25, 0.3) is 0 Å². The summed E-state index contributed by atoms with van der Waals surface area (Å²) in [5, 5.41) is 16.5. The Hall–Kier alpha value is -3.20. The van der Waals surface area contributed by atoms with Crippen molar-refractivity contribution in [2.75, 3.05) is 7.05 Å². The number of aromatic nitrogens is 4. The van der Waals surface area contributed by atoms with E-state index in [2.05, 4.69) is 26.2 Å². The van der Waals surface area contributed by atoms with Crippen LogP contribution in [0.5, 0.6) is 0 Å². The van der Waals surface area contributed by atoms with E-state index >= 15 is 0 Å². The summed E-state index contributed by atoms with van der Waals surface area (Å²) in [6.07, 6.45) is 0. The topological polar surface area (TPSA) is 102 Å². The summed E-state index contributed by atoms with van der Waals surface area (Å²) in [4.78, 5) is 24.4. The van der Waals surface area contributed by atoms with Gasteiger partial charge in [-0.2, -0.15) is 4.68 Å². The van der Waals surface area contributed by atoms with E-state index in [9.17, 15) is 9.59 Å². The first-order valence-electron chi connectivity index (χ1n) is 8.60. The molecule has 1 heterocycles. The number of aryl methyl sites for hydroxylation is 2. The lowest BCUT2D eigenvalue weighted by Gasteiger charge is -2.16. The van der Waals surface area contributed by atoms with E-state index in [1.165, 1.54) is 18.8 Å². The highest BCUT2D eigenvalue weighted by molar-refractivity contribution is 8.00. The molecule has 0 aliphatic heterocycles. The number of hydrogen-bond donors (Lipinski definition) is 2. The van der Waals surface area contributed by atoms with Gasteiger partial charge in [-0.25, -0.2) is 4.79 Å². The zero-order chi connectivity index (χ0) is 20.1. The molecule has 144 valence electrons. The number of benzene rings is 2. The van der Waals surface area contributed by atoms with Crippen LogP contribution in [0.15, 0.2) is 53.7 Å². The van der Waals surface area contributed by atoms with Crippen molar-refractivity contribution in [2.45, 2.75) is 24.3 Å². The number of hydrogen-bond acceptors (Lipinski definition) is 6. The number of nitrogens with zero attached hydrogens (tertiary/aromatic N) is 4. The molecular weight excluding hydrogens is 376 g/mol. The van der Waals surface area contributed by atoms with Crippen LogP contribution in [0.2, 0.25) is 0 Å². The van der Waals surface area contributed by atoms with E-state index in [0.29, 0.717) is 5.16 Å². The van der Waals surface area contributed by atoms with Crippen LogP contribution in [0, 0.1) is 13.8 Å². The molecule has 3 rings (SSSR count). The Balaban J connectivity index is 1.98. The van der Waals surface area contributed by atoms with Gasteiger partial charge in [0.05, 0.1) is 5.69 Å². The molecule has 28 heavy (non-hydrogen) atoms. The van der Waals surface area contributed by atoms with Crippen molar-refractivity contribution < 1.29 is 9.59 Å². The number of tetrazole rings is 1. The Morgan fingerprint density at radius 1 is 1.04 bits per heavy atom. The first-order chi connectivity index (χ1) is 13.5. The van der Waals surface area contributed by atoms with Gasteiger partial charge in [-0.1, -0.05) is 60.3 Å². The molecule has 2 N–H and O–H groups in total. The summed E-state index contributed by atoms with van der Waals surface area (Å²) in [6.45, 7) is 3.96. The first-order valence-corrected chi connectivity index (χ1v) is 9.48. The lowest BCUT2D eigenvalue weighted by Crippen LogP contribution is -2.39. The Kier molecular flexibility index (Phi) is 6.05. The molecule has 3 aromatic rings. The molecule has 8 nitrogen and oxygen atoms in total. The molecule has 2 aromatic carbocycles. The van der Waals surface area contributed by atoms with Crippen molar-refractivity contribution in [3.8, 4) is 5.69 Å². The number of carbonyl (C=O) groups is 2. The van der Waals surface area contributed by atoms with Gasteiger partial charge in [0.2, 0.25) is 11.1 Å². The van der Waals surface area contributed by atoms with E-state index in [1.54, 1.807) is 4.68 Å². The second-order valence-corrected chi connectivity index (χ2v) is 7.16. The third-order valence-electron chi connectivity index (χ3n) is 4.12. The molecule has 9 heteroatoms. The minimum Gasteiger partial charge on any atom is -0.341 e. The molecular formula is C19H20N6O2S. The number of rotatable bonds is 5. The molecule has 0 unspecified atom stereocenters. The SMILES string of the molecule is CNC(=O)NC(=O)[C@H](Sc1nnnn1-c1c(C)cccc1C)c1ccccc1. The lowest BCUT2D eigenvalue weighted by atomic mass is 10.1. The molecule has 0 aliphatic carbocycles. The minimum atomic E-state index is -0.701. The van der Waals surface area contributed by atoms with Crippen LogP contribution < -0.4 is 10.6 Å². The standard InChI is InChI=1S/C19H20N6O2S/c1-12-8-7-9-13(2)15(12)25-19(22-23-24-25)28-16(14-10-5-4-6-11-14)17(26)21-18(27)20-3/h4-11,16H,1-3H3,(H2,20,21,26,27)/t16-/m1/s1. The van der Waals surface area contributed by atoms with E-state index in [4.69, 9.17) is 0 Å². The van der Waals surface area contributed by atoms with Crippen LogP contribution in [-0.2, 0) is 4.79 Å². The summed E-state index contributed by atoms with van der Waals surface area (Å²) in [6, 6.07) is 14.5. The number of urea groups is 1. The summed E-state index contributed by atoms with van der Waals surface area (Å²) >= 11 is 1.18. The van der Waals surface area contributed by atoms with Crippen molar-refractivity contribution in [3.63, 3.8) is 0 Å². The Morgan fingerprint density at radius 2 is 1.71 bits per heavy atom. The summed E-state index contributed by atoms with van der Waals surface area (Å²) in [5.41, 5.74) is 3.64. The monoisotopic (exact) mass is 396 g/mol. The fourth-order valence-corrected chi connectivity index (χ4v) is 3.76. The highest BCUT2D eigenvalue weighted by atomic mass is 32.2. The molecule has 0 saturated carbocycles. The van der Waals surface area contributed by atoms with Gasteiger partial charge in [0.15, 0.2) is 0 Å². The smallest absolute Gasteiger partial charge is 0.321 e. The van der Waals surface area contributed by atoms with Crippen LogP contribution in [-0.4, -0.2) is 39.2 Å². The molecule has 0 radical (unpaired) electrons. The second kappa shape index (κ2) is 8.66. The van der Waals surface area contributed by atoms with Gasteiger partial charge in [0, 0.05) is 7.05 Å². The molecule has 0 aliphatic rings. The highest BCUT2D eigenvalue weighted by Gasteiger charge is 2.27. The largest absolute Gasteiger partial charge is 0.341 e. The highest BCUT2D eigenvalue weighted by Crippen LogP contribution is 2.35. The van der Waals surface area contributed by atoms with Crippen LogP contribution in [0.4, 0.5) is 4.79 Å². The van der Waals surface area contributed by atoms with E-state index in [1.807, 2.05) is 62.4 Å². The molecule has 1 aromatic heterocycles. The fourth-order valence-electron chi connectivity index (χ4n) is 2.78. The average Bonchev–Trinajstić information content (AvgIpc) is 3.14. The Bertz CT molecular complexity index is 969. The second-order valence-electron chi connectivity index (χ2n) is 6.09. The maximum Gasteiger partial charge on any atom is 0.321 e. The normalized spacial score (nSPS) is 11.7. The van der Waals surface area contributed by atoms with Crippen LogP contribution in [0.25, 0.3) is 5.69 Å². The van der Waals surface area contributed by atoms with Gasteiger partial charge < -0.3 is 5.32 Å². The van der Waals surface area contributed by atoms with Gasteiger partial charge in [-0.15, -0.1) is 5.10 Å². The summed E-state index contributed by atoms with van der Waals surface area (Å²) in [5.74, 6) is -0.452. The van der Waals surface area contributed by atoms with E-state index in [0.717, 1.165) is 22.4 Å². The van der Waals surface area contributed by atoms with E-state index < -0.39 is 17.2 Å². The fraction of sp³-hybridized carbons (Fsp3) is 0.211. The third kappa shape index (κ3) is 4.20. The quantitative estimate of drug-likeness (QED) is 0.643.